The molecule has 1 amide bonds. The lowest BCUT2D eigenvalue weighted by molar-refractivity contribution is -0.0135. The number of nitrogens with one attached hydrogen (secondary N) is 2. The second-order valence-corrected chi connectivity index (χ2v) is 6.60. The molecule has 1 aliphatic rings. The Labute approximate surface area is 145 Å². The van der Waals surface area contributed by atoms with Crippen LogP contribution in [0.3, 0.4) is 0 Å². The Bertz CT molecular complexity index is 789. The molecule has 0 aliphatic carbocycles. The maximum absolute atomic E-state index is 12.4. The van der Waals surface area contributed by atoms with E-state index < -0.39 is 11.3 Å². The zero-order chi connectivity index (χ0) is 17.9. The third kappa shape index (κ3) is 4.32. The van der Waals surface area contributed by atoms with E-state index in [0.29, 0.717) is 18.4 Å². The van der Waals surface area contributed by atoms with Gasteiger partial charge in [0.15, 0.2) is 0 Å². The minimum atomic E-state index is -0.845. The average molecular weight is 342 g/mol. The molecule has 1 aliphatic heterocycles. The molecule has 0 bridgehead atoms. The SMILES string of the molecule is CN1CCC(O)(CNC(=O)c2cccc(-c3cnc(=O)[nH]c3)c2)CC1. The van der Waals surface area contributed by atoms with E-state index in [1.165, 1.54) is 6.20 Å². The molecule has 0 spiro atoms. The highest BCUT2D eigenvalue weighted by Gasteiger charge is 2.31. The van der Waals surface area contributed by atoms with E-state index in [2.05, 4.69) is 20.2 Å². The molecule has 2 aromatic rings. The van der Waals surface area contributed by atoms with Gasteiger partial charge in [-0.05, 0) is 37.6 Å². The van der Waals surface area contributed by atoms with Gasteiger partial charge >= 0.3 is 5.69 Å². The number of aromatic amines is 1. The number of aliphatic hydroxyl groups is 1. The van der Waals surface area contributed by atoms with E-state index >= 15 is 0 Å². The van der Waals surface area contributed by atoms with Gasteiger partial charge in [-0.25, -0.2) is 9.78 Å². The summed E-state index contributed by atoms with van der Waals surface area (Å²) in [5.41, 5.74) is 0.754. The van der Waals surface area contributed by atoms with Gasteiger partial charge in [-0.1, -0.05) is 12.1 Å². The fourth-order valence-electron chi connectivity index (χ4n) is 2.90. The van der Waals surface area contributed by atoms with Gasteiger partial charge in [-0.15, -0.1) is 0 Å². The van der Waals surface area contributed by atoms with Crippen molar-refractivity contribution < 1.29 is 9.90 Å². The first kappa shape index (κ1) is 17.3. The standard InChI is InChI=1S/C18H22N4O3/c1-22-7-5-18(25,6-8-22)12-21-16(23)14-4-2-3-13(9-14)15-10-19-17(24)20-11-15/h2-4,9-11,25H,5-8,12H2,1H3,(H,21,23)(H,19,20,24). The summed E-state index contributed by atoms with van der Waals surface area (Å²) < 4.78 is 0. The predicted octanol–water partition coefficient (Wildman–Crippen LogP) is 0.623. The lowest BCUT2D eigenvalue weighted by atomic mass is 9.91. The Morgan fingerprint density at radius 2 is 2.12 bits per heavy atom. The smallest absolute Gasteiger partial charge is 0.344 e. The number of benzene rings is 1. The van der Waals surface area contributed by atoms with Crippen LogP contribution in [-0.4, -0.2) is 58.2 Å². The van der Waals surface area contributed by atoms with Gasteiger partial charge in [0.25, 0.3) is 5.91 Å². The van der Waals surface area contributed by atoms with Crippen LogP contribution in [0.5, 0.6) is 0 Å². The van der Waals surface area contributed by atoms with Gasteiger partial charge in [-0.3, -0.25) is 4.79 Å². The summed E-state index contributed by atoms with van der Waals surface area (Å²) in [7, 11) is 2.02. The quantitative estimate of drug-likeness (QED) is 0.757. The van der Waals surface area contributed by atoms with Crippen LogP contribution < -0.4 is 11.0 Å². The van der Waals surface area contributed by atoms with Crippen molar-refractivity contribution in [1.29, 1.82) is 0 Å². The van der Waals surface area contributed by atoms with E-state index in [0.717, 1.165) is 24.2 Å². The normalized spacial score (nSPS) is 17.2. The van der Waals surface area contributed by atoms with Crippen molar-refractivity contribution in [3.05, 3.63) is 52.7 Å². The molecular formula is C18H22N4O3. The molecule has 0 saturated carbocycles. The number of likely N-dealkylation sites (tertiary alicyclic amines) is 1. The molecule has 1 fully saturated rings. The molecule has 2 heterocycles. The van der Waals surface area contributed by atoms with Crippen molar-refractivity contribution in [3.8, 4) is 11.1 Å². The van der Waals surface area contributed by atoms with E-state index in [-0.39, 0.29) is 12.5 Å². The molecule has 132 valence electrons. The summed E-state index contributed by atoms with van der Waals surface area (Å²) in [5.74, 6) is -0.230. The van der Waals surface area contributed by atoms with Crippen molar-refractivity contribution in [3.63, 3.8) is 0 Å². The topological polar surface area (TPSA) is 98.3 Å². The van der Waals surface area contributed by atoms with Crippen molar-refractivity contribution in [1.82, 2.24) is 20.2 Å². The van der Waals surface area contributed by atoms with Crippen molar-refractivity contribution in [2.45, 2.75) is 18.4 Å². The molecule has 1 aromatic carbocycles. The van der Waals surface area contributed by atoms with E-state index in [9.17, 15) is 14.7 Å². The summed E-state index contributed by atoms with van der Waals surface area (Å²) >= 11 is 0. The number of piperidine rings is 1. The van der Waals surface area contributed by atoms with Crippen LogP contribution in [0.1, 0.15) is 23.2 Å². The summed E-state index contributed by atoms with van der Waals surface area (Å²) in [6.07, 6.45) is 4.32. The number of hydrogen-bond acceptors (Lipinski definition) is 5. The summed E-state index contributed by atoms with van der Waals surface area (Å²) in [5, 5.41) is 13.4. The predicted molar refractivity (Wildman–Crippen MR) is 94.3 cm³/mol. The first-order chi connectivity index (χ1) is 12.0. The number of carbonyl (C=O) groups excluding carboxylic acids is 1. The molecule has 1 aromatic heterocycles. The van der Waals surface area contributed by atoms with E-state index in [4.69, 9.17) is 0 Å². The van der Waals surface area contributed by atoms with E-state index in [1.807, 2.05) is 13.1 Å². The van der Waals surface area contributed by atoms with E-state index in [1.54, 1.807) is 24.4 Å². The maximum Gasteiger partial charge on any atom is 0.344 e. The lowest BCUT2D eigenvalue weighted by Crippen LogP contribution is -2.50. The van der Waals surface area contributed by atoms with Gasteiger partial charge in [0.05, 0.1) is 5.60 Å². The van der Waals surface area contributed by atoms with Crippen molar-refractivity contribution >= 4 is 5.91 Å². The van der Waals surface area contributed by atoms with Crippen molar-refractivity contribution in [2.75, 3.05) is 26.7 Å². The Morgan fingerprint density at radius 3 is 2.80 bits per heavy atom. The van der Waals surface area contributed by atoms with Gasteiger partial charge in [0, 0.05) is 43.2 Å². The number of amides is 1. The van der Waals surface area contributed by atoms with Gasteiger partial charge in [0.2, 0.25) is 0 Å². The second kappa shape index (κ2) is 7.16. The number of rotatable bonds is 4. The summed E-state index contributed by atoms with van der Waals surface area (Å²) in [6, 6.07) is 7.08. The first-order valence-electron chi connectivity index (χ1n) is 8.29. The molecular weight excluding hydrogens is 320 g/mol. The first-order valence-corrected chi connectivity index (χ1v) is 8.29. The highest BCUT2D eigenvalue weighted by molar-refractivity contribution is 5.95. The van der Waals surface area contributed by atoms with Crippen LogP contribution in [-0.2, 0) is 0 Å². The molecule has 1 saturated heterocycles. The van der Waals surface area contributed by atoms with Crippen LogP contribution in [0.25, 0.3) is 11.1 Å². The average Bonchev–Trinajstić information content (AvgIpc) is 2.63. The molecule has 0 unspecified atom stereocenters. The number of hydrogen-bond donors (Lipinski definition) is 3. The highest BCUT2D eigenvalue weighted by atomic mass is 16.3. The zero-order valence-corrected chi connectivity index (χ0v) is 14.2. The Kier molecular flexibility index (Phi) is 4.96. The fraction of sp³-hybridized carbons (Fsp3) is 0.389. The number of carbonyl (C=O) groups is 1. The number of H-pyrrole nitrogens is 1. The third-order valence-corrected chi connectivity index (χ3v) is 4.63. The maximum atomic E-state index is 12.4. The highest BCUT2D eigenvalue weighted by Crippen LogP contribution is 2.21. The van der Waals surface area contributed by atoms with Crippen LogP contribution in [0.4, 0.5) is 0 Å². The van der Waals surface area contributed by atoms with Crippen LogP contribution >= 0.6 is 0 Å². The monoisotopic (exact) mass is 342 g/mol. The van der Waals surface area contributed by atoms with Gasteiger partial charge < -0.3 is 20.3 Å². The Hall–Kier alpha value is -2.51. The largest absolute Gasteiger partial charge is 0.388 e. The minimum absolute atomic E-state index is 0.230. The Balaban J connectivity index is 1.67. The van der Waals surface area contributed by atoms with Crippen LogP contribution in [0, 0.1) is 0 Å². The second-order valence-electron chi connectivity index (χ2n) is 6.60. The third-order valence-electron chi connectivity index (χ3n) is 4.63. The molecule has 7 heteroatoms. The Morgan fingerprint density at radius 1 is 1.36 bits per heavy atom. The molecule has 3 rings (SSSR count). The number of nitrogens with zero attached hydrogens (tertiary/aromatic N) is 2. The molecule has 7 nitrogen and oxygen atoms in total. The summed E-state index contributed by atoms with van der Waals surface area (Å²) in [4.78, 5) is 31.9. The van der Waals surface area contributed by atoms with Gasteiger partial charge in [0.1, 0.15) is 0 Å². The van der Waals surface area contributed by atoms with Crippen LogP contribution in [0.15, 0.2) is 41.5 Å². The van der Waals surface area contributed by atoms with Crippen molar-refractivity contribution in [2.24, 2.45) is 0 Å². The van der Waals surface area contributed by atoms with Crippen LogP contribution in [0.2, 0.25) is 0 Å². The lowest BCUT2D eigenvalue weighted by Gasteiger charge is -2.36. The minimum Gasteiger partial charge on any atom is -0.388 e. The summed E-state index contributed by atoms with van der Waals surface area (Å²) in [6.45, 7) is 1.88. The molecule has 0 radical (unpaired) electrons. The number of aromatic nitrogens is 2. The zero-order valence-electron chi connectivity index (χ0n) is 14.2. The molecule has 0 atom stereocenters. The van der Waals surface area contributed by atoms with Gasteiger partial charge in [-0.2, -0.15) is 0 Å². The molecule has 3 N–H and O–H groups in total. The molecule has 25 heavy (non-hydrogen) atoms. The fourth-order valence-corrected chi connectivity index (χ4v) is 2.90.